The summed E-state index contributed by atoms with van der Waals surface area (Å²) < 4.78 is 0. The van der Waals surface area contributed by atoms with Crippen LogP contribution in [0.25, 0.3) is 0 Å². The second-order valence-electron chi connectivity index (χ2n) is 9.42. The quantitative estimate of drug-likeness (QED) is 0.824. The number of likely N-dealkylation sites (tertiary alicyclic amines) is 2. The lowest BCUT2D eigenvalue weighted by atomic mass is 9.66. The molecular weight excluding hydrogens is 390 g/mol. The Morgan fingerprint density at radius 1 is 1.19 bits per heavy atom. The molecule has 1 unspecified atom stereocenters. The maximum atomic E-state index is 13.8. The van der Waals surface area contributed by atoms with Gasteiger partial charge in [0.2, 0.25) is 5.91 Å². The first-order chi connectivity index (χ1) is 15.0. The van der Waals surface area contributed by atoms with Crippen molar-refractivity contribution in [1.82, 2.24) is 24.7 Å². The molecule has 2 aromatic rings. The molecule has 2 fully saturated rings. The second kappa shape index (κ2) is 7.79. The molecule has 5 rings (SSSR count). The zero-order chi connectivity index (χ0) is 21.6. The first kappa shape index (κ1) is 20.2. The van der Waals surface area contributed by atoms with Crippen LogP contribution in [0.15, 0.2) is 36.8 Å². The van der Waals surface area contributed by atoms with E-state index in [1.165, 1.54) is 0 Å². The average Bonchev–Trinajstić information content (AvgIpc) is 3.21. The molecule has 0 aliphatic carbocycles. The van der Waals surface area contributed by atoms with Crippen molar-refractivity contribution in [2.75, 3.05) is 26.2 Å². The molecule has 1 aromatic heterocycles. The lowest BCUT2D eigenvalue weighted by molar-refractivity contribution is -0.142. The molecule has 0 saturated carbocycles. The number of aromatic amines is 1. The van der Waals surface area contributed by atoms with Gasteiger partial charge in [-0.2, -0.15) is 0 Å². The van der Waals surface area contributed by atoms with Crippen LogP contribution < -0.4 is 0 Å². The largest absolute Gasteiger partial charge is 0.347 e. The van der Waals surface area contributed by atoms with Crippen molar-refractivity contribution < 1.29 is 9.59 Å². The van der Waals surface area contributed by atoms with Crippen LogP contribution in [0, 0.1) is 0 Å². The first-order valence-corrected chi connectivity index (χ1v) is 11.4. The van der Waals surface area contributed by atoms with E-state index in [0.29, 0.717) is 5.56 Å². The highest BCUT2D eigenvalue weighted by Gasteiger charge is 2.57. The maximum absolute atomic E-state index is 13.8. The van der Waals surface area contributed by atoms with E-state index in [4.69, 9.17) is 0 Å². The van der Waals surface area contributed by atoms with Gasteiger partial charge in [-0.1, -0.05) is 18.2 Å². The second-order valence-corrected chi connectivity index (χ2v) is 9.42. The topological polar surface area (TPSA) is 72.5 Å². The van der Waals surface area contributed by atoms with Crippen LogP contribution in [-0.4, -0.2) is 74.2 Å². The van der Waals surface area contributed by atoms with E-state index < -0.39 is 5.54 Å². The number of hydrogen-bond acceptors (Lipinski definition) is 4. The Labute approximate surface area is 183 Å². The van der Waals surface area contributed by atoms with Crippen molar-refractivity contribution in [3.63, 3.8) is 0 Å². The number of piperidine rings is 1. The van der Waals surface area contributed by atoms with Crippen molar-refractivity contribution in [3.8, 4) is 0 Å². The Balaban J connectivity index is 1.53. The number of aromatic nitrogens is 2. The van der Waals surface area contributed by atoms with Gasteiger partial charge in [0, 0.05) is 56.2 Å². The zero-order valence-corrected chi connectivity index (χ0v) is 18.4. The van der Waals surface area contributed by atoms with Gasteiger partial charge in [-0.3, -0.25) is 14.5 Å². The Morgan fingerprint density at radius 2 is 1.94 bits per heavy atom. The van der Waals surface area contributed by atoms with Crippen LogP contribution in [0.4, 0.5) is 0 Å². The number of carbonyl (C=O) groups is 2. The lowest BCUT2D eigenvalue weighted by Crippen LogP contribution is -2.67. The van der Waals surface area contributed by atoms with Gasteiger partial charge in [-0.25, -0.2) is 4.98 Å². The van der Waals surface area contributed by atoms with E-state index in [2.05, 4.69) is 28.7 Å². The molecule has 0 bridgehead atoms. The third-order valence-corrected chi connectivity index (χ3v) is 7.34. The van der Waals surface area contributed by atoms with Gasteiger partial charge in [0.15, 0.2) is 0 Å². The number of benzene rings is 1. The molecule has 2 amide bonds. The molecule has 2 saturated heterocycles. The number of nitrogens with zero attached hydrogens (tertiary/aromatic N) is 4. The van der Waals surface area contributed by atoms with Gasteiger partial charge < -0.3 is 14.8 Å². The molecule has 31 heavy (non-hydrogen) atoms. The fourth-order valence-electron chi connectivity index (χ4n) is 5.77. The van der Waals surface area contributed by atoms with Crippen molar-refractivity contribution in [2.45, 2.75) is 57.2 Å². The number of carbonyl (C=O) groups excluding carboxylic acids is 2. The van der Waals surface area contributed by atoms with Crippen molar-refractivity contribution in [2.24, 2.45) is 0 Å². The Kier molecular flexibility index (Phi) is 5.08. The summed E-state index contributed by atoms with van der Waals surface area (Å²) >= 11 is 0. The van der Waals surface area contributed by atoms with E-state index >= 15 is 0 Å². The Hall–Kier alpha value is -2.67. The number of rotatable bonds is 4. The van der Waals surface area contributed by atoms with Gasteiger partial charge in [-0.15, -0.1) is 0 Å². The Bertz CT molecular complexity index is 958. The highest BCUT2D eigenvalue weighted by molar-refractivity contribution is 6.02. The third-order valence-electron chi connectivity index (χ3n) is 7.34. The fraction of sp³-hybridized carbons (Fsp3) is 0.542. The number of H-pyrrole nitrogens is 1. The number of nitrogens with one attached hydrogen (secondary N) is 1. The van der Waals surface area contributed by atoms with E-state index in [0.717, 1.165) is 63.2 Å². The third kappa shape index (κ3) is 3.26. The summed E-state index contributed by atoms with van der Waals surface area (Å²) in [7, 11) is 0. The molecule has 7 nitrogen and oxygen atoms in total. The monoisotopic (exact) mass is 421 g/mol. The molecule has 164 valence electrons. The SMILES string of the molecule is CC(C)N1C(=O)c2ccccc2C(C(=O)N2CCC2)C12CCN(Cc1cnc[nH]1)CC2. The van der Waals surface area contributed by atoms with Gasteiger partial charge in [-0.05, 0) is 44.7 Å². The molecule has 1 aromatic carbocycles. The number of imidazole rings is 1. The smallest absolute Gasteiger partial charge is 0.254 e. The highest BCUT2D eigenvalue weighted by Crippen LogP contribution is 2.49. The molecule has 3 aliphatic rings. The predicted octanol–water partition coefficient (Wildman–Crippen LogP) is 2.62. The van der Waals surface area contributed by atoms with Crippen LogP contribution in [0.3, 0.4) is 0 Å². The van der Waals surface area contributed by atoms with Crippen molar-refractivity contribution >= 4 is 11.8 Å². The number of hydrogen-bond donors (Lipinski definition) is 1. The van der Waals surface area contributed by atoms with Crippen LogP contribution in [-0.2, 0) is 11.3 Å². The molecule has 4 heterocycles. The van der Waals surface area contributed by atoms with Gasteiger partial charge >= 0.3 is 0 Å². The molecule has 0 radical (unpaired) electrons. The van der Waals surface area contributed by atoms with Gasteiger partial charge in [0.1, 0.15) is 0 Å². The molecule has 3 aliphatic heterocycles. The lowest BCUT2D eigenvalue weighted by Gasteiger charge is -2.57. The predicted molar refractivity (Wildman–Crippen MR) is 118 cm³/mol. The molecule has 1 atom stereocenters. The van der Waals surface area contributed by atoms with E-state index in [1.54, 1.807) is 6.33 Å². The van der Waals surface area contributed by atoms with Crippen LogP contribution in [0.5, 0.6) is 0 Å². The standard InChI is InChI=1S/C24H31N5O2/c1-17(2)29-22(30)20-7-4-3-6-19(20)21(23(31)28-10-5-11-28)24(29)8-12-27(13-9-24)15-18-14-25-16-26-18/h3-4,6-7,14,16-17,21H,5,8-13,15H2,1-2H3,(H,25,26). The summed E-state index contributed by atoms with van der Waals surface area (Å²) in [6.45, 7) is 8.33. The summed E-state index contributed by atoms with van der Waals surface area (Å²) in [5.74, 6) is -0.0300. The van der Waals surface area contributed by atoms with Gasteiger partial charge in [0.25, 0.3) is 5.91 Å². The minimum absolute atomic E-state index is 0.0340. The fourth-order valence-corrected chi connectivity index (χ4v) is 5.77. The minimum Gasteiger partial charge on any atom is -0.347 e. The van der Waals surface area contributed by atoms with E-state index in [9.17, 15) is 9.59 Å². The molecule has 7 heteroatoms. The summed E-state index contributed by atoms with van der Waals surface area (Å²) in [5, 5.41) is 0. The first-order valence-electron chi connectivity index (χ1n) is 11.4. The molecule has 1 N–H and O–H groups in total. The molecular formula is C24H31N5O2. The molecule has 1 spiro atoms. The summed E-state index contributed by atoms with van der Waals surface area (Å²) in [5.41, 5.74) is 2.23. The highest BCUT2D eigenvalue weighted by atomic mass is 16.2. The summed E-state index contributed by atoms with van der Waals surface area (Å²) in [6, 6.07) is 7.81. The van der Waals surface area contributed by atoms with Crippen molar-refractivity contribution in [1.29, 1.82) is 0 Å². The minimum atomic E-state index is -0.475. The summed E-state index contributed by atoms with van der Waals surface area (Å²) in [6.07, 6.45) is 6.23. The number of fused-ring (bicyclic) bond motifs is 1. The van der Waals surface area contributed by atoms with Crippen molar-refractivity contribution in [3.05, 3.63) is 53.6 Å². The van der Waals surface area contributed by atoms with Crippen LogP contribution >= 0.6 is 0 Å². The average molecular weight is 422 g/mol. The van der Waals surface area contributed by atoms with E-state index in [-0.39, 0.29) is 23.8 Å². The number of amides is 2. The normalized spacial score (nSPS) is 23.2. The van der Waals surface area contributed by atoms with Crippen LogP contribution in [0.1, 0.15) is 60.6 Å². The Morgan fingerprint density at radius 3 is 2.55 bits per heavy atom. The van der Waals surface area contributed by atoms with Crippen LogP contribution in [0.2, 0.25) is 0 Å². The van der Waals surface area contributed by atoms with E-state index in [1.807, 2.05) is 40.3 Å². The maximum Gasteiger partial charge on any atom is 0.254 e. The summed E-state index contributed by atoms with van der Waals surface area (Å²) in [4.78, 5) is 41.2. The van der Waals surface area contributed by atoms with Gasteiger partial charge in [0.05, 0.1) is 17.8 Å². The zero-order valence-electron chi connectivity index (χ0n) is 18.4.